The van der Waals surface area contributed by atoms with Gasteiger partial charge in [-0.1, -0.05) is 55.8 Å². The van der Waals surface area contributed by atoms with Crippen molar-refractivity contribution in [2.75, 3.05) is 7.05 Å². The van der Waals surface area contributed by atoms with Gasteiger partial charge < -0.3 is 5.32 Å². The molecule has 1 saturated carbocycles. The first-order valence-electron chi connectivity index (χ1n) is 7.00. The van der Waals surface area contributed by atoms with Gasteiger partial charge in [0.15, 0.2) is 0 Å². The maximum absolute atomic E-state index is 3.45. The molecule has 0 bridgehead atoms. The molecule has 0 saturated heterocycles. The third-order valence-electron chi connectivity index (χ3n) is 4.61. The fourth-order valence-electron chi connectivity index (χ4n) is 3.54. The Bertz CT molecular complexity index is 541. The molecule has 1 aliphatic carbocycles. The molecule has 1 fully saturated rings. The SMILES string of the molecule is CCC1C(NC)CC1c1cccc2ccccc12. The van der Waals surface area contributed by atoms with Crippen molar-refractivity contribution in [3.63, 3.8) is 0 Å². The van der Waals surface area contributed by atoms with Crippen LogP contribution in [0.5, 0.6) is 0 Å². The molecule has 2 aromatic rings. The van der Waals surface area contributed by atoms with E-state index in [0.29, 0.717) is 6.04 Å². The van der Waals surface area contributed by atoms with Crippen LogP contribution >= 0.6 is 0 Å². The molecule has 3 rings (SSSR count). The van der Waals surface area contributed by atoms with Gasteiger partial charge >= 0.3 is 0 Å². The maximum Gasteiger partial charge on any atom is 0.0104 e. The van der Waals surface area contributed by atoms with Gasteiger partial charge in [0.25, 0.3) is 0 Å². The fourth-order valence-corrected chi connectivity index (χ4v) is 3.54. The van der Waals surface area contributed by atoms with Gasteiger partial charge in [-0.2, -0.15) is 0 Å². The summed E-state index contributed by atoms with van der Waals surface area (Å²) in [6.07, 6.45) is 2.54. The van der Waals surface area contributed by atoms with Gasteiger partial charge in [-0.25, -0.2) is 0 Å². The summed E-state index contributed by atoms with van der Waals surface area (Å²) in [5.41, 5.74) is 1.55. The minimum absolute atomic E-state index is 0.707. The third kappa shape index (κ3) is 1.74. The van der Waals surface area contributed by atoms with Crippen LogP contribution in [0.2, 0.25) is 0 Å². The minimum Gasteiger partial charge on any atom is -0.317 e. The van der Waals surface area contributed by atoms with E-state index in [9.17, 15) is 0 Å². The summed E-state index contributed by atoms with van der Waals surface area (Å²) in [5.74, 6) is 1.53. The standard InChI is InChI=1S/C17H21N/c1-3-13-16(11-17(13)18-2)15-10-6-8-12-7-4-5-9-14(12)15/h4-10,13,16-18H,3,11H2,1-2H3. The molecule has 2 aromatic carbocycles. The Balaban J connectivity index is 2.00. The molecule has 94 valence electrons. The van der Waals surface area contributed by atoms with Crippen LogP contribution in [0.1, 0.15) is 31.2 Å². The van der Waals surface area contributed by atoms with Gasteiger partial charge in [0.2, 0.25) is 0 Å². The number of hydrogen-bond acceptors (Lipinski definition) is 1. The number of fused-ring (bicyclic) bond motifs is 1. The lowest BCUT2D eigenvalue weighted by atomic mass is 9.64. The largest absolute Gasteiger partial charge is 0.317 e. The maximum atomic E-state index is 3.45. The van der Waals surface area contributed by atoms with Crippen LogP contribution in [0.4, 0.5) is 0 Å². The molecule has 1 nitrogen and oxygen atoms in total. The molecule has 0 heterocycles. The Morgan fingerprint density at radius 1 is 1.11 bits per heavy atom. The van der Waals surface area contributed by atoms with Gasteiger partial charge in [0.05, 0.1) is 0 Å². The Kier molecular flexibility index (Phi) is 3.09. The van der Waals surface area contributed by atoms with E-state index in [1.54, 1.807) is 5.56 Å². The van der Waals surface area contributed by atoms with Gasteiger partial charge in [0.1, 0.15) is 0 Å². The topological polar surface area (TPSA) is 12.0 Å². The summed E-state index contributed by atoms with van der Waals surface area (Å²) >= 11 is 0. The quantitative estimate of drug-likeness (QED) is 0.855. The molecule has 1 aliphatic rings. The molecular weight excluding hydrogens is 218 g/mol. The lowest BCUT2D eigenvalue weighted by molar-refractivity contribution is 0.170. The Morgan fingerprint density at radius 2 is 1.89 bits per heavy atom. The zero-order valence-electron chi connectivity index (χ0n) is 11.2. The summed E-state index contributed by atoms with van der Waals surface area (Å²) in [5, 5.41) is 6.27. The molecule has 0 amide bonds. The second kappa shape index (κ2) is 4.74. The average Bonchev–Trinajstić information content (AvgIpc) is 2.39. The minimum atomic E-state index is 0.707. The summed E-state index contributed by atoms with van der Waals surface area (Å²) in [6.45, 7) is 2.31. The van der Waals surface area contributed by atoms with E-state index in [1.807, 2.05) is 0 Å². The predicted molar refractivity (Wildman–Crippen MR) is 77.9 cm³/mol. The lowest BCUT2D eigenvalue weighted by Crippen LogP contribution is -2.47. The van der Waals surface area contributed by atoms with Crippen LogP contribution in [0, 0.1) is 5.92 Å². The van der Waals surface area contributed by atoms with Gasteiger partial charge in [-0.05, 0) is 41.6 Å². The highest BCUT2D eigenvalue weighted by Crippen LogP contribution is 2.46. The van der Waals surface area contributed by atoms with Crippen LogP contribution < -0.4 is 5.32 Å². The summed E-state index contributed by atoms with van der Waals surface area (Å²) < 4.78 is 0. The molecule has 3 unspecified atom stereocenters. The van der Waals surface area contributed by atoms with Crippen LogP contribution in [0.3, 0.4) is 0 Å². The molecular formula is C17H21N. The zero-order chi connectivity index (χ0) is 12.5. The van der Waals surface area contributed by atoms with Crippen LogP contribution in [0.15, 0.2) is 42.5 Å². The summed E-state index contributed by atoms with van der Waals surface area (Å²) in [7, 11) is 2.09. The van der Waals surface area contributed by atoms with Crippen LogP contribution in [-0.4, -0.2) is 13.1 Å². The summed E-state index contributed by atoms with van der Waals surface area (Å²) in [4.78, 5) is 0. The molecule has 0 aliphatic heterocycles. The van der Waals surface area contributed by atoms with Crippen molar-refractivity contribution in [2.24, 2.45) is 5.92 Å². The van der Waals surface area contributed by atoms with E-state index in [0.717, 1.165) is 11.8 Å². The molecule has 3 atom stereocenters. The molecule has 0 radical (unpaired) electrons. The highest BCUT2D eigenvalue weighted by atomic mass is 14.9. The first kappa shape index (κ1) is 11.7. The molecule has 0 spiro atoms. The van der Waals surface area contributed by atoms with E-state index in [2.05, 4.69) is 61.8 Å². The van der Waals surface area contributed by atoms with Crippen molar-refractivity contribution in [3.8, 4) is 0 Å². The van der Waals surface area contributed by atoms with Gasteiger partial charge in [-0.15, -0.1) is 0 Å². The first-order valence-corrected chi connectivity index (χ1v) is 7.00. The Hall–Kier alpha value is -1.34. The Morgan fingerprint density at radius 3 is 2.67 bits per heavy atom. The van der Waals surface area contributed by atoms with Crippen LogP contribution in [0.25, 0.3) is 10.8 Å². The average molecular weight is 239 g/mol. The van der Waals surface area contributed by atoms with Crippen molar-refractivity contribution in [2.45, 2.75) is 31.7 Å². The molecule has 1 heteroatoms. The highest BCUT2D eigenvalue weighted by molar-refractivity contribution is 5.86. The number of nitrogens with one attached hydrogen (secondary N) is 1. The van der Waals surface area contributed by atoms with Crippen LogP contribution in [-0.2, 0) is 0 Å². The van der Waals surface area contributed by atoms with E-state index in [4.69, 9.17) is 0 Å². The smallest absolute Gasteiger partial charge is 0.0104 e. The van der Waals surface area contributed by atoms with Crippen molar-refractivity contribution < 1.29 is 0 Å². The first-order chi connectivity index (χ1) is 8.85. The van der Waals surface area contributed by atoms with E-state index >= 15 is 0 Å². The second-order valence-corrected chi connectivity index (χ2v) is 5.38. The second-order valence-electron chi connectivity index (χ2n) is 5.38. The van der Waals surface area contributed by atoms with Crippen molar-refractivity contribution >= 4 is 10.8 Å². The highest BCUT2D eigenvalue weighted by Gasteiger charge is 2.39. The van der Waals surface area contributed by atoms with Gasteiger partial charge in [-0.3, -0.25) is 0 Å². The lowest BCUT2D eigenvalue weighted by Gasteiger charge is -2.45. The number of rotatable bonds is 3. The van der Waals surface area contributed by atoms with E-state index < -0.39 is 0 Å². The number of benzene rings is 2. The van der Waals surface area contributed by atoms with E-state index in [-0.39, 0.29) is 0 Å². The monoisotopic (exact) mass is 239 g/mol. The van der Waals surface area contributed by atoms with E-state index in [1.165, 1.54) is 23.6 Å². The third-order valence-corrected chi connectivity index (χ3v) is 4.61. The van der Waals surface area contributed by atoms with Crippen molar-refractivity contribution in [3.05, 3.63) is 48.0 Å². The van der Waals surface area contributed by atoms with Gasteiger partial charge in [0, 0.05) is 6.04 Å². The molecule has 0 aromatic heterocycles. The van der Waals surface area contributed by atoms with Crippen molar-refractivity contribution in [1.29, 1.82) is 0 Å². The predicted octanol–water partition coefficient (Wildman–Crippen LogP) is 3.94. The Labute approximate surface area is 109 Å². The summed E-state index contributed by atoms with van der Waals surface area (Å²) in [6, 6.07) is 16.2. The van der Waals surface area contributed by atoms with Crippen molar-refractivity contribution in [1.82, 2.24) is 5.32 Å². The molecule has 1 N–H and O–H groups in total. The molecule has 18 heavy (non-hydrogen) atoms. The zero-order valence-corrected chi connectivity index (χ0v) is 11.2. The fraction of sp³-hybridized carbons (Fsp3) is 0.412. The number of hydrogen-bond donors (Lipinski definition) is 1. The normalized spacial score (nSPS) is 27.1.